The van der Waals surface area contributed by atoms with Gasteiger partial charge in [0.05, 0.1) is 7.11 Å². The first kappa shape index (κ1) is 21.9. The summed E-state index contributed by atoms with van der Waals surface area (Å²) in [4.78, 5) is 28.2. The third-order valence-electron chi connectivity index (χ3n) is 4.75. The van der Waals surface area contributed by atoms with E-state index in [0.717, 1.165) is 21.4 Å². The van der Waals surface area contributed by atoms with Crippen molar-refractivity contribution in [1.29, 1.82) is 0 Å². The molecule has 9 heteroatoms. The summed E-state index contributed by atoms with van der Waals surface area (Å²) >= 11 is 1.52. The number of hydrogen-bond acceptors (Lipinski definition) is 7. The number of methoxy groups -OCH3 is 1. The molecule has 2 heterocycles. The van der Waals surface area contributed by atoms with E-state index in [1.807, 2.05) is 34.6 Å². The molecule has 1 amide bonds. The number of aromatic nitrogens is 4. The number of carbonyl (C=O) groups excluding carboxylic acids is 1. The van der Waals surface area contributed by atoms with Crippen LogP contribution in [0.2, 0.25) is 0 Å². The Morgan fingerprint density at radius 2 is 2.10 bits per heavy atom. The molecule has 0 radical (unpaired) electrons. The van der Waals surface area contributed by atoms with E-state index < -0.39 is 0 Å². The number of anilines is 1. The molecule has 0 saturated carbocycles. The first-order valence-electron chi connectivity index (χ1n) is 9.84. The van der Waals surface area contributed by atoms with Crippen LogP contribution in [0.25, 0.3) is 11.2 Å². The second kappa shape index (κ2) is 9.34. The quantitative estimate of drug-likeness (QED) is 0.587. The van der Waals surface area contributed by atoms with Crippen molar-refractivity contribution >= 4 is 34.7 Å². The van der Waals surface area contributed by atoms with Crippen molar-refractivity contribution in [2.24, 2.45) is 5.92 Å². The van der Waals surface area contributed by atoms with Crippen molar-refractivity contribution in [2.45, 2.75) is 44.3 Å². The molecule has 0 unspecified atom stereocenters. The molecule has 0 bridgehead atoms. The molecule has 160 valence electrons. The van der Waals surface area contributed by atoms with Crippen LogP contribution in [0.15, 0.2) is 34.6 Å². The fourth-order valence-corrected chi connectivity index (χ4v) is 4.19. The summed E-state index contributed by atoms with van der Waals surface area (Å²) in [5.74, 6) is 1.57. The summed E-state index contributed by atoms with van der Waals surface area (Å²) in [7, 11) is 1.65. The first-order valence-corrected chi connectivity index (χ1v) is 10.7. The van der Waals surface area contributed by atoms with Crippen LogP contribution in [0.4, 0.5) is 5.82 Å². The van der Waals surface area contributed by atoms with Gasteiger partial charge in [0.25, 0.3) is 0 Å². The maximum atomic E-state index is 12.1. The molecule has 8 nitrogen and oxygen atoms in total. The summed E-state index contributed by atoms with van der Waals surface area (Å²) in [6.45, 7) is 9.67. The van der Waals surface area contributed by atoms with Crippen molar-refractivity contribution in [1.82, 2.24) is 24.4 Å². The smallest absolute Gasteiger partial charge is 0.219 e. The number of nitrogens with zero attached hydrogens (tertiary/aromatic N) is 5. The lowest BCUT2D eigenvalue weighted by Gasteiger charge is -2.23. The van der Waals surface area contributed by atoms with Crippen molar-refractivity contribution in [2.75, 3.05) is 25.9 Å². The van der Waals surface area contributed by atoms with Gasteiger partial charge in [-0.25, -0.2) is 15.0 Å². The predicted molar refractivity (Wildman–Crippen MR) is 119 cm³/mol. The van der Waals surface area contributed by atoms with Crippen LogP contribution < -0.4 is 10.5 Å². The maximum absolute atomic E-state index is 12.1. The van der Waals surface area contributed by atoms with Gasteiger partial charge in [-0.15, -0.1) is 0 Å². The summed E-state index contributed by atoms with van der Waals surface area (Å²) in [5.41, 5.74) is 8.40. The lowest BCUT2D eigenvalue weighted by atomic mass is 10.2. The third-order valence-corrected chi connectivity index (χ3v) is 5.90. The van der Waals surface area contributed by atoms with Crippen LogP contribution >= 0.6 is 11.8 Å². The zero-order valence-electron chi connectivity index (χ0n) is 18.0. The molecule has 1 aromatic carbocycles. The Balaban J connectivity index is 1.98. The van der Waals surface area contributed by atoms with Crippen LogP contribution in [-0.2, 0) is 11.3 Å². The standard InChI is InChI=1S/C21H28N6O2S/c1-13(2)11-26(15(4)28)8-9-27-20-18(19(22)23-12-24-20)25-21(27)30-17-10-16(29-5)7-6-14(17)3/h6-7,10,12-13H,8-9,11H2,1-5H3,(H2,22,23,24). The summed E-state index contributed by atoms with van der Waals surface area (Å²) in [6.07, 6.45) is 1.44. The van der Waals surface area contributed by atoms with E-state index in [4.69, 9.17) is 15.5 Å². The van der Waals surface area contributed by atoms with Gasteiger partial charge in [0.2, 0.25) is 5.91 Å². The topological polar surface area (TPSA) is 99.2 Å². The molecule has 30 heavy (non-hydrogen) atoms. The Kier molecular flexibility index (Phi) is 6.81. The third kappa shape index (κ3) is 4.84. The highest BCUT2D eigenvalue weighted by atomic mass is 32.2. The lowest BCUT2D eigenvalue weighted by molar-refractivity contribution is -0.129. The summed E-state index contributed by atoms with van der Waals surface area (Å²) < 4.78 is 7.38. The van der Waals surface area contributed by atoms with E-state index in [1.165, 1.54) is 18.1 Å². The summed E-state index contributed by atoms with van der Waals surface area (Å²) in [6, 6.07) is 5.93. The van der Waals surface area contributed by atoms with E-state index in [2.05, 4.69) is 23.8 Å². The lowest BCUT2D eigenvalue weighted by Crippen LogP contribution is -2.35. The van der Waals surface area contributed by atoms with E-state index in [0.29, 0.717) is 42.5 Å². The highest BCUT2D eigenvalue weighted by Gasteiger charge is 2.19. The normalized spacial score (nSPS) is 11.3. The Morgan fingerprint density at radius 1 is 1.33 bits per heavy atom. The summed E-state index contributed by atoms with van der Waals surface area (Å²) in [5, 5.41) is 0.751. The number of aryl methyl sites for hydroxylation is 1. The zero-order chi connectivity index (χ0) is 21.8. The molecule has 0 aliphatic carbocycles. The number of carbonyl (C=O) groups is 1. The number of imidazole rings is 1. The second-order valence-corrected chi connectivity index (χ2v) is 8.58. The van der Waals surface area contributed by atoms with E-state index in [-0.39, 0.29) is 5.91 Å². The molecular weight excluding hydrogens is 400 g/mol. The average Bonchev–Trinajstić information content (AvgIpc) is 3.05. The monoisotopic (exact) mass is 428 g/mol. The van der Waals surface area contributed by atoms with Crippen molar-refractivity contribution < 1.29 is 9.53 Å². The molecular formula is C21H28N6O2S. The van der Waals surface area contributed by atoms with Gasteiger partial charge in [-0.05, 0) is 30.5 Å². The number of nitrogens with two attached hydrogens (primary N) is 1. The van der Waals surface area contributed by atoms with E-state index in [9.17, 15) is 4.79 Å². The van der Waals surface area contributed by atoms with Gasteiger partial charge in [0.1, 0.15) is 12.1 Å². The number of amides is 1. The highest BCUT2D eigenvalue weighted by molar-refractivity contribution is 7.99. The first-order chi connectivity index (χ1) is 14.3. The number of nitrogen functional groups attached to an aromatic ring is 1. The molecule has 0 aliphatic heterocycles. The molecule has 0 fully saturated rings. The minimum absolute atomic E-state index is 0.0557. The Labute approximate surface area is 180 Å². The molecule has 0 atom stereocenters. The molecule has 3 aromatic rings. The Hall–Kier alpha value is -2.81. The van der Waals surface area contributed by atoms with E-state index >= 15 is 0 Å². The van der Waals surface area contributed by atoms with Crippen LogP contribution in [0.3, 0.4) is 0 Å². The number of fused-ring (bicyclic) bond motifs is 1. The van der Waals surface area contributed by atoms with Crippen LogP contribution in [-0.4, -0.2) is 50.5 Å². The molecule has 3 rings (SSSR count). The van der Waals surface area contributed by atoms with Gasteiger partial charge < -0.3 is 19.9 Å². The van der Waals surface area contributed by atoms with Crippen molar-refractivity contribution in [3.8, 4) is 5.75 Å². The molecule has 2 aromatic heterocycles. The molecule has 0 aliphatic rings. The van der Waals surface area contributed by atoms with Gasteiger partial charge in [-0.3, -0.25) is 4.79 Å². The minimum Gasteiger partial charge on any atom is -0.497 e. The molecule has 2 N–H and O–H groups in total. The maximum Gasteiger partial charge on any atom is 0.219 e. The van der Waals surface area contributed by atoms with E-state index in [1.54, 1.807) is 14.0 Å². The number of rotatable bonds is 8. The van der Waals surface area contributed by atoms with Gasteiger partial charge in [0, 0.05) is 31.5 Å². The SMILES string of the molecule is COc1ccc(C)c(Sc2nc3c(N)ncnc3n2CCN(CC(C)C)C(C)=O)c1. The minimum atomic E-state index is 0.0557. The van der Waals surface area contributed by atoms with Crippen molar-refractivity contribution in [3.05, 3.63) is 30.1 Å². The highest BCUT2D eigenvalue weighted by Crippen LogP contribution is 2.34. The van der Waals surface area contributed by atoms with Crippen LogP contribution in [0.1, 0.15) is 26.3 Å². The number of ether oxygens (including phenoxy) is 1. The van der Waals surface area contributed by atoms with Crippen LogP contribution in [0.5, 0.6) is 5.75 Å². The van der Waals surface area contributed by atoms with Gasteiger partial charge in [-0.2, -0.15) is 0 Å². The number of benzene rings is 1. The van der Waals surface area contributed by atoms with Gasteiger partial charge >= 0.3 is 0 Å². The largest absolute Gasteiger partial charge is 0.497 e. The predicted octanol–water partition coefficient (Wildman–Crippen LogP) is 3.38. The van der Waals surface area contributed by atoms with Crippen LogP contribution in [0, 0.1) is 12.8 Å². The second-order valence-electron chi connectivity index (χ2n) is 7.57. The van der Waals surface area contributed by atoms with Gasteiger partial charge in [0.15, 0.2) is 22.1 Å². The van der Waals surface area contributed by atoms with Crippen molar-refractivity contribution in [3.63, 3.8) is 0 Å². The fraction of sp³-hybridized carbons (Fsp3) is 0.429. The number of hydrogen-bond donors (Lipinski definition) is 1. The Morgan fingerprint density at radius 3 is 2.77 bits per heavy atom. The average molecular weight is 429 g/mol. The Bertz CT molecular complexity index is 1050. The zero-order valence-corrected chi connectivity index (χ0v) is 18.9. The molecule has 0 saturated heterocycles. The fourth-order valence-electron chi connectivity index (χ4n) is 3.17. The van der Waals surface area contributed by atoms with Gasteiger partial charge in [-0.1, -0.05) is 31.7 Å². The molecule has 0 spiro atoms.